The minimum absolute atomic E-state index is 0.161. The monoisotopic (exact) mass is 237 g/mol. The zero-order valence-corrected chi connectivity index (χ0v) is 10.0. The molecule has 0 heterocycles. The van der Waals surface area contributed by atoms with E-state index in [0.29, 0.717) is 30.9 Å². The summed E-state index contributed by atoms with van der Waals surface area (Å²) in [7, 11) is 0. The minimum atomic E-state index is -0.161. The molecule has 5 nitrogen and oxygen atoms in total. The molecule has 0 aliphatic rings. The fraction of sp³-hybridized carbons (Fsp3) is 0.417. The third-order valence-corrected chi connectivity index (χ3v) is 2.28. The molecule has 0 aliphatic heterocycles. The van der Waals surface area contributed by atoms with Crippen LogP contribution < -0.4 is 16.8 Å². The van der Waals surface area contributed by atoms with Crippen LogP contribution in [0.4, 0.5) is 17.1 Å². The van der Waals surface area contributed by atoms with E-state index in [2.05, 4.69) is 5.32 Å². The van der Waals surface area contributed by atoms with Gasteiger partial charge in [0.1, 0.15) is 0 Å². The Morgan fingerprint density at radius 3 is 2.76 bits per heavy atom. The first kappa shape index (κ1) is 13.2. The van der Waals surface area contributed by atoms with Crippen LogP contribution in [-0.2, 0) is 9.53 Å². The van der Waals surface area contributed by atoms with Crippen molar-refractivity contribution < 1.29 is 9.53 Å². The second-order valence-electron chi connectivity index (χ2n) is 3.68. The molecule has 0 aromatic heterocycles. The van der Waals surface area contributed by atoms with Gasteiger partial charge in [-0.25, -0.2) is 0 Å². The number of benzene rings is 1. The molecule has 0 aliphatic carbocycles. The Morgan fingerprint density at radius 1 is 1.35 bits per heavy atom. The number of rotatable bonds is 6. The normalized spacial score (nSPS) is 9.94. The maximum atomic E-state index is 11.1. The van der Waals surface area contributed by atoms with E-state index < -0.39 is 0 Å². The molecule has 0 saturated heterocycles. The van der Waals surface area contributed by atoms with Crippen molar-refractivity contribution in [3.8, 4) is 0 Å². The van der Waals surface area contributed by atoms with Crippen LogP contribution in [0.2, 0.25) is 0 Å². The SMILES string of the molecule is CCOC(=O)CCCNc1ccc(N)c(N)c1. The smallest absolute Gasteiger partial charge is 0.305 e. The lowest BCUT2D eigenvalue weighted by Crippen LogP contribution is -2.08. The molecule has 0 amide bonds. The first-order chi connectivity index (χ1) is 8.13. The molecular weight excluding hydrogens is 218 g/mol. The zero-order valence-electron chi connectivity index (χ0n) is 10.0. The summed E-state index contributed by atoms with van der Waals surface area (Å²) < 4.78 is 4.83. The second kappa shape index (κ2) is 6.62. The Bertz CT molecular complexity index is 380. The standard InChI is InChI=1S/C12H19N3O2/c1-2-17-12(16)4-3-7-15-9-5-6-10(13)11(14)8-9/h5-6,8,15H,2-4,7,13-14H2,1H3. The average Bonchev–Trinajstić information content (AvgIpc) is 2.29. The van der Waals surface area contributed by atoms with Crippen LogP contribution in [0.3, 0.4) is 0 Å². The second-order valence-corrected chi connectivity index (χ2v) is 3.68. The molecule has 0 atom stereocenters. The van der Waals surface area contributed by atoms with Crippen molar-refractivity contribution >= 4 is 23.0 Å². The number of nitrogens with two attached hydrogens (primary N) is 2. The molecule has 1 aromatic rings. The van der Waals surface area contributed by atoms with Crippen LogP contribution in [0.1, 0.15) is 19.8 Å². The number of hydrogen-bond acceptors (Lipinski definition) is 5. The predicted octanol–water partition coefficient (Wildman–Crippen LogP) is 1.61. The summed E-state index contributed by atoms with van der Waals surface area (Å²) in [4.78, 5) is 11.1. The number of carbonyl (C=O) groups excluding carboxylic acids is 1. The topological polar surface area (TPSA) is 90.4 Å². The van der Waals surface area contributed by atoms with Crippen molar-refractivity contribution in [2.45, 2.75) is 19.8 Å². The van der Waals surface area contributed by atoms with Gasteiger partial charge in [-0.1, -0.05) is 0 Å². The number of hydrogen-bond donors (Lipinski definition) is 3. The van der Waals surface area contributed by atoms with Gasteiger partial charge in [0.05, 0.1) is 18.0 Å². The predicted molar refractivity (Wildman–Crippen MR) is 69.6 cm³/mol. The van der Waals surface area contributed by atoms with Crippen molar-refractivity contribution in [1.82, 2.24) is 0 Å². The fourth-order valence-corrected chi connectivity index (χ4v) is 1.38. The molecular formula is C12H19N3O2. The Kier molecular flexibility index (Phi) is 5.13. The molecule has 1 aromatic carbocycles. The van der Waals surface area contributed by atoms with E-state index in [0.717, 1.165) is 12.1 Å². The number of carbonyl (C=O) groups is 1. The number of nitrogen functional groups attached to an aromatic ring is 2. The van der Waals surface area contributed by atoms with E-state index in [1.165, 1.54) is 0 Å². The molecule has 0 bridgehead atoms. The van der Waals surface area contributed by atoms with Crippen molar-refractivity contribution in [3.05, 3.63) is 18.2 Å². The lowest BCUT2D eigenvalue weighted by atomic mass is 10.2. The van der Waals surface area contributed by atoms with Gasteiger partial charge in [0.25, 0.3) is 0 Å². The summed E-state index contributed by atoms with van der Waals surface area (Å²) in [5.74, 6) is -0.161. The van der Waals surface area contributed by atoms with E-state index in [1.54, 1.807) is 19.1 Å². The summed E-state index contributed by atoms with van der Waals surface area (Å²) in [5.41, 5.74) is 13.3. The van der Waals surface area contributed by atoms with Crippen molar-refractivity contribution in [2.24, 2.45) is 0 Å². The largest absolute Gasteiger partial charge is 0.466 e. The Hall–Kier alpha value is -1.91. The van der Waals surface area contributed by atoms with Gasteiger partial charge >= 0.3 is 5.97 Å². The maximum absolute atomic E-state index is 11.1. The number of anilines is 3. The van der Waals surface area contributed by atoms with Crippen molar-refractivity contribution in [3.63, 3.8) is 0 Å². The van der Waals surface area contributed by atoms with Gasteiger partial charge in [-0.2, -0.15) is 0 Å². The van der Waals surface area contributed by atoms with Gasteiger partial charge in [-0.15, -0.1) is 0 Å². The van der Waals surface area contributed by atoms with Gasteiger partial charge in [0.2, 0.25) is 0 Å². The zero-order chi connectivity index (χ0) is 12.7. The molecule has 5 heteroatoms. The molecule has 0 saturated carbocycles. The van der Waals surface area contributed by atoms with Crippen LogP contribution in [0.5, 0.6) is 0 Å². The van der Waals surface area contributed by atoms with Gasteiger partial charge in [0, 0.05) is 18.7 Å². The third-order valence-electron chi connectivity index (χ3n) is 2.28. The highest BCUT2D eigenvalue weighted by molar-refractivity contribution is 5.70. The average molecular weight is 237 g/mol. The maximum Gasteiger partial charge on any atom is 0.305 e. The van der Waals surface area contributed by atoms with Crippen molar-refractivity contribution in [1.29, 1.82) is 0 Å². The molecule has 0 unspecified atom stereocenters. The lowest BCUT2D eigenvalue weighted by Gasteiger charge is -2.08. The highest BCUT2D eigenvalue weighted by Crippen LogP contribution is 2.19. The van der Waals surface area contributed by atoms with Gasteiger partial charge in [-0.05, 0) is 31.5 Å². The summed E-state index contributed by atoms with van der Waals surface area (Å²) >= 11 is 0. The van der Waals surface area contributed by atoms with Gasteiger partial charge in [0.15, 0.2) is 0 Å². The summed E-state index contributed by atoms with van der Waals surface area (Å²) in [6.45, 7) is 2.93. The molecule has 0 radical (unpaired) electrons. The number of esters is 1. The Labute approximate surface area is 101 Å². The molecule has 17 heavy (non-hydrogen) atoms. The molecule has 5 N–H and O–H groups in total. The van der Waals surface area contributed by atoms with Crippen LogP contribution in [0.15, 0.2) is 18.2 Å². The number of nitrogens with one attached hydrogen (secondary N) is 1. The van der Waals surface area contributed by atoms with Gasteiger partial charge < -0.3 is 21.5 Å². The highest BCUT2D eigenvalue weighted by atomic mass is 16.5. The minimum Gasteiger partial charge on any atom is -0.466 e. The summed E-state index contributed by atoms with van der Waals surface area (Å²) in [6.07, 6.45) is 1.15. The first-order valence-corrected chi connectivity index (χ1v) is 5.68. The fourth-order valence-electron chi connectivity index (χ4n) is 1.38. The Morgan fingerprint density at radius 2 is 2.12 bits per heavy atom. The van der Waals surface area contributed by atoms with E-state index >= 15 is 0 Å². The molecule has 0 fully saturated rings. The third kappa shape index (κ3) is 4.63. The van der Waals surface area contributed by atoms with Crippen LogP contribution in [0, 0.1) is 0 Å². The highest BCUT2D eigenvalue weighted by Gasteiger charge is 2.01. The summed E-state index contributed by atoms with van der Waals surface area (Å²) in [6, 6.07) is 5.39. The first-order valence-electron chi connectivity index (χ1n) is 5.68. The van der Waals surface area contributed by atoms with E-state index in [1.807, 2.05) is 6.07 Å². The number of ether oxygens (including phenoxy) is 1. The van der Waals surface area contributed by atoms with Gasteiger partial charge in [-0.3, -0.25) is 4.79 Å². The van der Waals surface area contributed by atoms with E-state index in [-0.39, 0.29) is 5.97 Å². The van der Waals surface area contributed by atoms with E-state index in [4.69, 9.17) is 16.2 Å². The Balaban J connectivity index is 2.26. The van der Waals surface area contributed by atoms with E-state index in [9.17, 15) is 4.79 Å². The van der Waals surface area contributed by atoms with Crippen LogP contribution >= 0.6 is 0 Å². The summed E-state index contributed by atoms with van der Waals surface area (Å²) in [5, 5.41) is 3.17. The molecule has 0 spiro atoms. The van der Waals surface area contributed by atoms with Crippen molar-refractivity contribution in [2.75, 3.05) is 29.9 Å². The van der Waals surface area contributed by atoms with Crippen LogP contribution in [-0.4, -0.2) is 19.1 Å². The molecule has 94 valence electrons. The van der Waals surface area contributed by atoms with Crippen LogP contribution in [0.25, 0.3) is 0 Å². The quantitative estimate of drug-likeness (QED) is 0.397. The lowest BCUT2D eigenvalue weighted by molar-refractivity contribution is -0.143. The molecule has 1 rings (SSSR count).